The molecule has 134 valence electrons. The topological polar surface area (TPSA) is 30.7 Å². The van der Waals surface area contributed by atoms with E-state index in [1.54, 1.807) is 11.0 Å². The van der Waals surface area contributed by atoms with Crippen LogP contribution < -0.4 is 24.8 Å². The van der Waals surface area contributed by atoms with Gasteiger partial charge >= 0.3 is 26.2 Å². The van der Waals surface area contributed by atoms with Gasteiger partial charge in [-0.05, 0) is 5.69 Å². The van der Waals surface area contributed by atoms with E-state index < -0.39 is 0 Å². The van der Waals surface area contributed by atoms with Crippen molar-refractivity contribution in [1.29, 1.82) is 0 Å². The Kier molecular flexibility index (Phi) is 12.4. The molecule has 26 heavy (non-hydrogen) atoms. The standard InChI is InChI=1S/C11H8N3.C9H13.2ClH.Zr/c1-2-4-10-6-11(5-9(10)3-1)14-8-12-7-13-14;1-2-3-6-9-7-4-5-8-9;;;/h1-8H;4-5,7-8H,2-3,6H2,1H3;2*1H;/q2*-1;;;+4/p-2. The summed E-state index contributed by atoms with van der Waals surface area (Å²) in [5.41, 5.74) is 2.54. The minimum absolute atomic E-state index is 0. The van der Waals surface area contributed by atoms with E-state index in [1.807, 2.05) is 12.1 Å². The Balaban J connectivity index is 0.000000466. The number of nitrogens with zero attached hydrogens (tertiary/aromatic N) is 3. The third-order valence-corrected chi connectivity index (χ3v) is 3.84. The van der Waals surface area contributed by atoms with Gasteiger partial charge in [0.2, 0.25) is 0 Å². The Morgan fingerprint density at radius 3 is 2.42 bits per heavy atom. The number of benzene rings is 1. The molecule has 4 aromatic rings. The van der Waals surface area contributed by atoms with E-state index in [0.29, 0.717) is 0 Å². The normalized spacial score (nSPS) is 9.27. The first-order chi connectivity index (χ1) is 11.4. The zero-order chi connectivity index (χ0) is 15.9. The zero-order valence-corrected chi connectivity index (χ0v) is 18.6. The van der Waals surface area contributed by atoms with Crippen LogP contribution in [0.15, 0.2) is 73.3 Å². The molecule has 3 nitrogen and oxygen atoms in total. The number of rotatable bonds is 4. The second kappa shape index (κ2) is 13.0. The molecule has 0 atom stereocenters. The fourth-order valence-corrected chi connectivity index (χ4v) is 2.57. The number of fused-ring (bicyclic) bond motifs is 1. The molecule has 0 saturated carbocycles. The number of aryl methyl sites for hydroxylation is 1. The first kappa shape index (κ1) is 24.8. The number of aromatic nitrogens is 3. The van der Waals surface area contributed by atoms with Crippen LogP contribution in [-0.4, -0.2) is 14.8 Å². The average Bonchev–Trinajstić information content (AvgIpc) is 3.34. The van der Waals surface area contributed by atoms with Gasteiger partial charge in [-0.3, -0.25) is 0 Å². The monoisotopic (exact) mass is 463 g/mol. The van der Waals surface area contributed by atoms with Gasteiger partial charge in [0.1, 0.15) is 12.7 Å². The second-order valence-electron chi connectivity index (χ2n) is 5.58. The van der Waals surface area contributed by atoms with Crippen molar-refractivity contribution in [2.24, 2.45) is 0 Å². The molecule has 3 aromatic carbocycles. The van der Waals surface area contributed by atoms with Gasteiger partial charge < -0.3 is 24.8 Å². The molecule has 0 spiro atoms. The van der Waals surface area contributed by atoms with Crippen molar-refractivity contribution in [3.63, 3.8) is 0 Å². The van der Waals surface area contributed by atoms with Crippen LogP contribution in [0.25, 0.3) is 16.5 Å². The molecule has 0 amide bonds. The summed E-state index contributed by atoms with van der Waals surface area (Å²) in [5.74, 6) is 0. The fourth-order valence-electron chi connectivity index (χ4n) is 2.57. The van der Waals surface area contributed by atoms with Crippen LogP contribution in [0.4, 0.5) is 0 Å². The predicted octanol–water partition coefficient (Wildman–Crippen LogP) is -1.11. The third-order valence-electron chi connectivity index (χ3n) is 3.84. The van der Waals surface area contributed by atoms with E-state index in [4.69, 9.17) is 0 Å². The van der Waals surface area contributed by atoms with Gasteiger partial charge in [-0.25, -0.2) is 21.8 Å². The van der Waals surface area contributed by atoms with Crippen LogP contribution >= 0.6 is 0 Å². The SMILES string of the molecule is CCCC[c-]1cccc1.[Cl-].[Cl-].[Zr+4].c1ccc2[cH-]c(-n3cncn3)cc2c1. The smallest absolute Gasteiger partial charge is 1.00 e. The van der Waals surface area contributed by atoms with Crippen molar-refractivity contribution in [3.8, 4) is 5.69 Å². The summed E-state index contributed by atoms with van der Waals surface area (Å²) in [6.07, 6.45) is 7.12. The van der Waals surface area contributed by atoms with E-state index in [0.717, 1.165) is 5.69 Å². The summed E-state index contributed by atoms with van der Waals surface area (Å²) in [4.78, 5) is 3.92. The van der Waals surface area contributed by atoms with Crippen molar-refractivity contribution in [2.75, 3.05) is 0 Å². The molecule has 0 aliphatic heterocycles. The molecule has 0 unspecified atom stereocenters. The van der Waals surface area contributed by atoms with Gasteiger partial charge in [-0.2, -0.15) is 22.8 Å². The zero-order valence-electron chi connectivity index (χ0n) is 14.6. The van der Waals surface area contributed by atoms with Crippen molar-refractivity contribution in [1.82, 2.24) is 14.8 Å². The van der Waals surface area contributed by atoms with Crippen LogP contribution in [-0.2, 0) is 32.6 Å². The number of unbranched alkanes of at least 4 members (excludes halogenated alkanes) is 1. The maximum Gasteiger partial charge on any atom is 4.00 e. The predicted molar refractivity (Wildman–Crippen MR) is 95.1 cm³/mol. The maximum absolute atomic E-state index is 4.09. The summed E-state index contributed by atoms with van der Waals surface area (Å²) in [7, 11) is 0. The van der Waals surface area contributed by atoms with Crippen molar-refractivity contribution < 1.29 is 51.0 Å². The second-order valence-corrected chi connectivity index (χ2v) is 5.58. The molecule has 0 fully saturated rings. The van der Waals surface area contributed by atoms with Crippen LogP contribution in [0.2, 0.25) is 0 Å². The van der Waals surface area contributed by atoms with Gasteiger partial charge in [0.15, 0.2) is 0 Å². The molecule has 0 aliphatic rings. The molecule has 0 N–H and O–H groups in total. The van der Waals surface area contributed by atoms with Crippen LogP contribution in [0.5, 0.6) is 0 Å². The number of hydrogen-bond acceptors (Lipinski definition) is 2. The molecule has 0 radical (unpaired) electrons. The largest absolute Gasteiger partial charge is 4.00 e. The number of hydrogen-bond donors (Lipinski definition) is 0. The Labute approximate surface area is 186 Å². The molecule has 0 bridgehead atoms. The minimum atomic E-state index is 0. The van der Waals surface area contributed by atoms with E-state index in [-0.39, 0.29) is 51.0 Å². The summed E-state index contributed by atoms with van der Waals surface area (Å²) < 4.78 is 1.76. The van der Waals surface area contributed by atoms with E-state index >= 15 is 0 Å². The van der Waals surface area contributed by atoms with Crippen LogP contribution in [0.3, 0.4) is 0 Å². The van der Waals surface area contributed by atoms with Gasteiger partial charge in [-0.15, -0.1) is 41.1 Å². The first-order valence-electron chi connectivity index (χ1n) is 8.08. The quantitative estimate of drug-likeness (QED) is 0.358. The molecule has 0 saturated heterocycles. The van der Waals surface area contributed by atoms with Crippen molar-refractivity contribution >= 4 is 10.8 Å². The van der Waals surface area contributed by atoms with E-state index in [9.17, 15) is 0 Å². The Hall–Kier alpha value is -1.22. The Morgan fingerprint density at radius 2 is 1.81 bits per heavy atom. The number of halogens is 2. The van der Waals surface area contributed by atoms with Crippen LogP contribution in [0.1, 0.15) is 25.3 Å². The Morgan fingerprint density at radius 1 is 1.08 bits per heavy atom. The summed E-state index contributed by atoms with van der Waals surface area (Å²) >= 11 is 0. The van der Waals surface area contributed by atoms with Crippen molar-refractivity contribution in [3.05, 3.63) is 78.9 Å². The third kappa shape index (κ3) is 6.83. The maximum atomic E-state index is 4.09. The molecule has 6 heteroatoms. The first-order valence-corrected chi connectivity index (χ1v) is 8.08. The summed E-state index contributed by atoms with van der Waals surface area (Å²) in [6.45, 7) is 2.23. The van der Waals surface area contributed by atoms with E-state index in [2.05, 4.69) is 65.5 Å². The molecule has 1 heterocycles. The van der Waals surface area contributed by atoms with Gasteiger partial charge in [0.25, 0.3) is 0 Å². The fraction of sp³-hybridized carbons (Fsp3) is 0.200. The molecule has 1 aromatic heterocycles. The van der Waals surface area contributed by atoms with E-state index in [1.165, 1.54) is 41.9 Å². The molecule has 4 rings (SSSR count). The molecule has 0 aliphatic carbocycles. The van der Waals surface area contributed by atoms with Crippen molar-refractivity contribution in [2.45, 2.75) is 26.2 Å². The van der Waals surface area contributed by atoms with Crippen LogP contribution in [0, 0.1) is 0 Å². The molecular weight excluding hydrogens is 444 g/mol. The minimum Gasteiger partial charge on any atom is -1.00 e. The summed E-state index contributed by atoms with van der Waals surface area (Å²) in [6, 6.07) is 21.0. The average molecular weight is 466 g/mol. The van der Waals surface area contributed by atoms with Gasteiger partial charge in [-0.1, -0.05) is 32.3 Å². The summed E-state index contributed by atoms with van der Waals surface area (Å²) in [5, 5.41) is 6.56. The van der Waals surface area contributed by atoms with Gasteiger partial charge in [0.05, 0.1) is 0 Å². The Bertz CT molecular complexity index is 791. The van der Waals surface area contributed by atoms with Gasteiger partial charge in [0, 0.05) is 0 Å². The molecular formula is C20H21Cl2N3Zr.